The highest BCUT2D eigenvalue weighted by Gasteiger charge is 2.33. The summed E-state index contributed by atoms with van der Waals surface area (Å²) in [5.41, 5.74) is 5.79. The second-order valence-electron chi connectivity index (χ2n) is 8.90. The Morgan fingerprint density at radius 3 is 2.35 bits per heavy atom. The van der Waals surface area contributed by atoms with Gasteiger partial charge in [-0.25, -0.2) is 4.90 Å². The van der Waals surface area contributed by atoms with Crippen molar-refractivity contribution in [2.75, 3.05) is 7.05 Å². The van der Waals surface area contributed by atoms with Gasteiger partial charge in [-0.1, -0.05) is 68.5 Å². The molecule has 3 aromatic rings. The summed E-state index contributed by atoms with van der Waals surface area (Å²) in [7, 11) is 2.19. The standard InChI is InChI=1S/C31H34N3/c1-5-31(3,6-2)29-20-14-13-19-28(29)30(33(4)25-15-9-7-10-16-25)34(26-17-11-8-12-18-26)27-21-23-32-24-22-27/h5,7-9,11-15,17-24H,1,6,10,16H2,2-4H3/q+1. The number of rotatable bonds is 7. The SMILES string of the molecule is C=CC(C)(CC)c1ccccc1C(N(C)C1=CC=CCC1)=[N+](c1ccccc1)c1ccncc1. The maximum atomic E-state index is 4.29. The second kappa shape index (κ2) is 10.5. The highest BCUT2D eigenvalue weighted by molar-refractivity contribution is 6.04. The number of hydrogen-bond donors (Lipinski definition) is 0. The molecule has 172 valence electrons. The summed E-state index contributed by atoms with van der Waals surface area (Å²) in [6.07, 6.45) is 15.5. The fourth-order valence-corrected chi connectivity index (χ4v) is 4.54. The Labute approximate surface area is 204 Å². The number of pyridine rings is 1. The number of aromatic nitrogens is 1. The molecule has 1 aliphatic rings. The van der Waals surface area contributed by atoms with Crippen molar-refractivity contribution in [3.63, 3.8) is 0 Å². The molecule has 0 saturated heterocycles. The van der Waals surface area contributed by atoms with Crippen LogP contribution < -0.4 is 4.58 Å². The van der Waals surface area contributed by atoms with Gasteiger partial charge >= 0.3 is 0 Å². The maximum absolute atomic E-state index is 4.29. The van der Waals surface area contributed by atoms with Gasteiger partial charge in [0.1, 0.15) is 17.1 Å². The molecule has 34 heavy (non-hydrogen) atoms. The predicted octanol–water partition coefficient (Wildman–Crippen LogP) is 7.38. The first-order valence-corrected chi connectivity index (χ1v) is 12.0. The lowest BCUT2D eigenvalue weighted by Crippen LogP contribution is -2.37. The van der Waals surface area contributed by atoms with E-state index in [0.717, 1.165) is 36.5 Å². The van der Waals surface area contributed by atoms with Crippen LogP contribution in [0.15, 0.2) is 116 Å². The lowest BCUT2D eigenvalue weighted by atomic mass is 9.77. The minimum atomic E-state index is -0.149. The first-order chi connectivity index (χ1) is 16.6. The number of nitrogens with zero attached hydrogens (tertiary/aromatic N) is 3. The van der Waals surface area contributed by atoms with Gasteiger partial charge in [-0.15, -0.1) is 6.58 Å². The van der Waals surface area contributed by atoms with E-state index < -0.39 is 0 Å². The minimum Gasteiger partial charge on any atom is -0.264 e. The molecule has 0 N–H and O–H groups in total. The first kappa shape index (κ1) is 23.4. The number of amidine groups is 1. The average Bonchev–Trinajstić information content (AvgIpc) is 2.92. The summed E-state index contributed by atoms with van der Waals surface area (Å²) in [5.74, 6) is 1.12. The predicted molar refractivity (Wildman–Crippen MR) is 145 cm³/mol. The van der Waals surface area contributed by atoms with Crippen molar-refractivity contribution in [2.24, 2.45) is 0 Å². The lowest BCUT2D eigenvalue weighted by Gasteiger charge is -2.29. The van der Waals surface area contributed by atoms with Crippen LogP contribution in [0.5, 0.6) is 0 Å². The quantitative estimate of drug-likeness (QED) is 0.162. The Bertz CT molecular complexity index is 1180. The fraction of sp³-hybridized carbons (Fsp3) is 0.226. The fourth-order valence-electron chi connectivity index (χ4n) is 4.54. The van der Waals surface area contributed by atoms with E-state index in [1.165, 1.54) is 16.8 Å². The van der Waals surface area contributed by atoms with Gasteiger partial charge < -0.3 is 0 Å². The molecule has 0 bridgehead atoms. The molecule has 0 spiro atoms. The minimum absolute atomic E-state index is 0.149. The second-order valence-corrected chi connectivity index (χ2v) is 8.90. The van der Waals surface area contributed by atoms with Crippen molar-refractivity contribution in [3.8, 4) is 0 Å². The Kier molecular flexibility index (Phi) is 7.22. The maximum Gasteiger partial charge on any atom is 0.294 e. The van der Waals surface area contributed by atoms with Crippen molar-refractivity contribution < 1.29 is 0 Å². The zero-order valence-corrected chi connectivity index (χ0v) is 20.5. The Morgan fingerprint density at radius 1 is 1.03 bits per heavy atom. The molecular weight excluding hydrogens is 414 g/mol. The molecule has 1 heterocycles. The van der Waals surface area contributed by atoms with Crippen LogP contribution >= 0.6 is 0 Å². The van der Waals surface area contributed by atoms with Crippen LogP contribution in [0.4, 0.5) is 11.4 Å². The zero-order chi connectivity index (χ0) is 24.0. The zero-order valence-electron chi connectivity index (χ0n) is 20.5. The van der Waals surface area contributed by atoms with Gasteiger partial charge in [0.2, 0.25) is 0 Å². The molecule has 0 amide bonds. The van der Waals surface area contributed by atoms with Crippen molar-refractivity contribution >= 4 is 17.2 Å². The molecule has 1 unspecified atom stereocenters. The third-order valence-corrected chi connectivity index (χ3v) is 6.86. The Hall–Kier alpha value is -3.72. The molecule has 0 saturated carbocycles. The van der Waals surface area contributed by atoms with Gasteiger partial charge in [-0.2, -0.15) is 4.58 Å². The summed E-state index contributed by atoms with van der Waals surface area (Å²) in [5, 5.41) is 0. The van der Waals surface area contributed by atoms with Crippen LogP contribution in [0.1, 0.15) is 44.2 Å². The molecule has 0 fully saturated rings. The van der Waals surface area contributed by atoms with E-state index in [2.05, 4.69) is 133 Å². The summed E-state index contributed by atoms with van der Waals surface area (Å²) in [6.45, 7) is 8.72. The molecule has 0 aliphatic heterocycles. The van der Waals surface area contributed by atoms with E-state index in [0.29, 0.717) is 0 Å². The lowest BCUT2D eigenvalue weighted by molar-refractivity contribution is 0.557. The van der Waals surface area contributed by atoms with E-state index >= 15 is 0 Å². The molecule has 0 radical (unpaired) electrons. The smallest absolute Gasteiger partial charge is 0.264 e. The molecule has 1 atom stereocenters. The molecule has 3 nitrogen and oxygen atoms in total. The molecular formula is C31H34N3+. The van der Waals surface area contributed by atoms with Gasteiger partial charge in [0, 0.05) is 36.4 Å². The highest BCUT2D eigenvalue weighted by atomic mass is 15.2. The van der Waals surface area contributed by atoms with Crippen LogP contribution in [0.2, 0.25) is 0 Å². The van der Waals surface area contributed by atoms with Crippen LogP contribution in [0.3, 0.4) is 0 Å². The highest BCUT2D eigenvalue weighted by Crippen LogP contribution is 2.34. The first-order valence-electron chi connectivity index (χ1n) is 12.0. The van der Waals surface area contributed by atoms with Crippen molar-refractivity contribution in [1.82, 2.24) is 14.5 Å². The van der Waals surface area contributed by atoms with Crippen molar-refractivity contribution in [1.29, 1.82) is 0 Å². The molecule has 3 heteroatoms. The van der Waals surface area contributed by atoms with Gasteiger partial charge in [-0.3, -0.25) is 4.98 Å². The van der Waals surface area contributed by atoms with Crippen LogP contribution in [-0.4, -0.2) is 22.8 Å². The largest absolute Gasteiger partial charge is 0.294 e. The molecule has 1 aromatic heterocycles. The number of hydrogen-bond acceptors (Lipinski definition) is 1. The molecule has 1 aliphatic carbocycles. The van der Waals surface area contributed by atoms with Crippen LogP contribution in [-0.2, 0) is 5.41 Å². The Balaban J connectivity index is 2.11. The van der Waals surface area contributed by atoms with Gasteiger partial charge in [0.05, 0.1) is 12.6 Å². The van der Waals surface area contributed by atoms with E-state index in [9.17, 15) is 0 Å². The van der Waals surface area contributed by atoms with Crippen molar-refractivity contribution in [2.45, 2.75) is 38.5 Å². The summed E-state index contributed by atoms with van der Waals surface area (Å²) in [4.78, 5) is 6.64. The van der Waals surface area contributed by atoms with Gasteiger partial charge in [-0.05, 0) is 42.7 Å². The summed E-state index contributed by atoms with van der Waals surface area (Å²) >= 11 is 0. The van der Waals surface area contributed by atoms with E-state index in [-0.39, 0.29) is 5.41 Å². The van der Waals surface area contributed by atoms with E-state index in [1.807, 2.05) is 12.4 Å². The van der Waals surface area contributed by atoms with Gasteiger partial charge in [0.25, 0.3) is 5.84 Å². The van der Waals surface area contributed by atoms with E-state index in [4.69, 9.17) is 0 Å². The number of para-hydroxylation sites is 1. The molecule has 2 aromatic carbocycles. The third kappa shape index (κ3) is 4.65. The van der Waals surface area contributed by atoms with Crippen molar-refractivity contribution in [3.05, 3.63) is 127 Å². The van der Waals surface area contributed by atoms with E-state index in [1.54, 1.807) is 0 Å². The van der Waals surface area contributed by atoms with Crippen LogP contribution in [0, 0.1) is 0 Å². The third-order valence-electron chi connectivity index (χ3n) is 6.86. The normalized spacial score (nSPS) is 15.7. The topological polar surface area (TPSA) is 19.1 Å². The Morgan fingerprint density at radius 2 is 1.71 bits per heavy atom. The monoisotopic (exact) mass is 448 g/mol. The average molecular weight is 449 g/mol. The van der Waals surface area contributed by atoms with Crippen LogP contribution in [0.25, 0.3) is 0 Å². The van der Waals surface area contributed by atoms with Gasteiger partial charge in [0.15, 0.2) is 0 Å². The summed E-state index contributed by atoms with van der Waals surface area (Å²) < 4.78 is 2.35. The molecule has 4 rings (SSSR count). The number of benzene rings is 2. The summed E-state index contributed by atoms with van der Waals surface area (Å²) in [6, 6.07) is 23.5. The number of allylic oxidation sites excluding steroid dienone is 5.